The first-order valence-corrected chi connectivity index (χ1v) is 28.4. The molecule has 7 heterocycles. The van der Waals surface area contributed by atoms with Crippen LogP contribution >= 0.6 is 0 Å². The van der Waals surface area contributed by atoms with Gasteiger partial charge in [0.2, 0.25) is 11.6 Å². The van der Waals surface area contributed by atoms with Crippen LogP contribution in [0.3, 0.4) is 0 Å². The lowest BCUT2D eigenvalue weighted by molar-refractivity contribution is -0.160. The number of allylic oxidation sites excluding steroid dienone is 4. The highest BCUT2D eigenvalue weighted by atomic mass is 19.1. The third-order valence-corrected chi connectivity index (χ3v) is 18.1. The summed E-state index contributed by atoms with van der Waals surface area (Å²) in [6, 6.07) is 2.01. The second kappa shape index (κ2) is 22.9. The zero-order chi connectivity index (χ0) is 58.8. The monoisotopic (exact) mass is 1120 g/mol. The number of anilines is 1. The lowest BCUT2D eigenvalue weighted by Crippen LogP contribution is -2.48. The molecule has 19 heteroatoms. The number of aromatic hydroxyl groups is 1. The Morgan fingerprint density at radius 3 is 2.21 bits per heavy atom. The molecule has 3 fully saturated rings. The first kappa shape index (κ1) is 59.0. The number of amides is 1. The molecule has 0 spiro atoms. The van der Waals surface area contributed by atoms with Gasteiger partial charge in [-0.15, -0.1) is 0 Å². The molecule has 5 aliphatic heterocycles. The van der Waals surface area contributed by atoms with E-state index in [-0.39, 0.29) is 70.0 Å². The number of piperidine rings is 1. The Bertz CT molecular complexity index is 3260. The molecule has 0 unspecified atom stereocenters. The number of pyridine rings is 2. The number of carbonyl (C=O) groups excluding carboxylic acids is 5. The predicted molar refractivity (Wildman–Crippen MR) is 301 cm³/mol. The Kier molecular flexibility index (Phi) is 16.7. The fraction of sp³-hybridized carbons (Fsp3) is 0.548. The molecular formula is C62H78FN5O13. The Labute approximate surface area is 472 Å². The molecule has 3 aromatic rings. The maximum Gasteiger partial charge on any atom is 0.312 e. The number of ether oxygens (including phenoxy) is 4. The number of Topliss-reactive ketones (excluding diaryl/α,β-unsaturated/α-hetero) is 3. The summed E-state index contributed by atoms with van der Waals surface area (Å²) in [4.78, 5) is 91.4. The van der Waals surface area contributed by atoms with Crippen molar-refractivity contribution in [3.05, 3.63) is 115 Å². The molecule has 1 saturated carbocycles. The number of likely N-dealkylation sites (tertiary alicyclic amines) is 1. The summed E-state index contributed by atoms with van der Waals surface area (Å²) in [5.41, 5.74) is 2.08. The van der Waals surface area contributed by atoms with Crippen molar-refractivity contribution >= 4 is 40.4 Å². The number of halogens is 1. The molecule has 7 aliphatic rings. The van der Waals surface area contributed by atoms with Crippen LogP contribution in [0.4, 0.5) is 10.1 Å². The summed E-state index contributed by atoms with van der Waals surface area (Å²) in [5.74, 6) is -9.20. The number of nitrogens with one attached hydrogen (secondary N) is 1. The van der Waals surface area contributed by atoms with Gasteiger partial charge in [-0.1, -0.05) is 45.9 Å². The van der Waals surface area contributed by atoms with Crippen molar-refractivity contribution in [2.45, 2.75) is 144 Å². The molecule has 1 amide bonds. The van der Waals surface area contributed by atoms with Crippen LogP contribution in [-0.2, 0) is 23.8 Å². The number of fused-ring (bicyclic) bond motifs is 15. The van der Waals surface area contributed by atoms with Crippen LogP contribution < -0.4 is 20.5 Å². The summed E-state index contributed by atoms with van der Waals surface area (Å²) in [6.45, 7) is 18.7. The molecule has 1 aromatic carbocycles. The molecular weight excluding hydrogens is 1040 g/mol. The van der Waals surface area contributed by atoms with E-state index in [1.165, 1.54) is 63.8 Å². The van der Waals surface area contributed by atoms with Gasteiger partial charge in [0.15, 0.2) is 5.82 Å². The number of methoxy groups -OCH3 is 1. The number of carbonyl (C=O) groups is 5. The maximum absolute atomic E-state index is 16.1. The van der Waals surface area contributed by atoms with Crippen molar-refractivity contribution in [1.29, 1.82) is 0 Å². The predicted octanol–water partition coefficient (Wildman–Crippen LogP) is 7.13. The minimum Gasteiger partial charge on any atom is -0.507 e. The molecule has 2 aromatic heterocycles. The van der Waals surface area contributed by atoms with Gasteiger partial charge in [-0.2, -0.15) is 0 Å². The summed E-state index contributed by atoms with van der Waals surface area (Å²) < 4.78 is 41.5. The molecule has 0 radical (unpaired) electrons. The Morgan fingerprint density at radius 1 is 0.877 bits per heavy atom. The van der Waals surface area contributed by atoms with Crippen LogP contribution in [-0.4, -0.2) is 142 Å². The number of hydrogen-bond acceptors (Lipinski definition) is 16. The van der Waals surface area contributed by atoms with Crippen LogP contribution in [0.25, 0.3) is 5.52 Å². The number of ketones is 3. The molecule has 18 nitrogen and oxygen atoms in total. The third kappa shape index (κ3) is 10.9. The number of benzene rings is 1. The zero-order valence-corrected chi connectivity index (χ0v) is 48.6. The van der Waals surface area contributed by atoms with Gasteiger partial charge in [0, 0.05) is 100 Å². The first-order valence-electron chi connectivity index (χ1n) is 28.4. The maximum atomic E-state index is 16.1. The van der Waals surface area contributed by atoms with Crippen LogP contribution in [0.2, 0.25) is 0 Å². The van der Waals surface area contributed by atoms with E-state index in [9.17, 15) is 34.5 Å². The van der Waals surface area contributed by atoms with Gasteiger partial charge in [-0.25, -0.2) is 4.39 Å². The van der Waals surface area contributed by atoms with E-state index in [1.807, 2.05) is 20.0 Å². The fourth-order valence-corrected chi connectivity index (χ4v) is 13.1. The number of aromatic nitrogens is 1. The van der Waals surface area contributed by atoms with Crippen LogP contribution in [0, 0.1) is 56.2 Å². The largest absolute Gasteiger partial charge is 0.507 e. The van der Waals surface area contributed by atoms with Gasteiger partial charge >= 0.3 is 11.8 Å². The van der Waals surface area contributed by atoms with E-state index in [1.54, 1.807) is 51.7 Å². The van der Waals surface area contributed by atoms with Crippen molar-refractivity contribution in [1.82, 2.24) is 19.5 Å². The van der Waals surface area contributed by atoms with Crippen LogP contribution in [0.15, 0.2) is 64.6 Å². The highest BCUT2D eigenvalue weighted by molar-refractivity contribution is 6.32. The van der Waals surface area contributed by atoms with Gasteiger partial charge in [0.1, 0.15) is 29.0 Å². The highest BCUT2D eigenvalue weighted by Crippen LogP contribution is 2.50. The second-order valence-electron chi connectivity index (χ2n) is 23.8. The normalized spacial score (nSPS) is 30.4. The Balaban J connectivity index is 1.00. The highest BCUT2D eigenvalue weighted by Gasteiger charge is 2.53. The molecule has 2 aliphatic carbocycles. The quantitative estimate of drug-likeness (QED) is 0.165. The number of esters is 1. The van der Waals surface area contributed by atoms with Crippen molar-refractivity contribution in [2.24, 2.45) is 29.6 Å². The number of aliphatic hydroxyl groups excluding tert-OH is 2. The molecule has 5 bridgehead atoms. The first-order chi connectivity index (χ1) is 38.3. The second-order valence-corrected chi connectivity index (χ2v) is 23.8. The Hall–Kier alpha value is -6.67. The third-order valence-electron chi connectivity index (χ3n) is 18.1. The Morgan fingerprint density at radius 2 is 1.56 bits per heavy atom. The topological polar surface area (TPSA) is 226 Å². The molecule has 81 heavy (non-hydrogen) atoms. The van der Waals surface area contributed by atoms with E-state index >= 15 is 14.0 Å². The number of phenols is 1. The van der Waals surface area contributed by atoms with Crippen molar-refractivity contribution in [3.63, 3.8) is 0 Å². The summed E-state index contributed by atoms with van der Waals surface area (Å²) >= 11 is 0. The van der Waals surface area contributed by atoms with E-state index in [2.05, 4.69) is 15.1 Å². The number of phenolic OH excluding ortho intramolecular Hbond substituents is 1. The van der Waals surface area contributed by atoms with Gasteiger partial charge in [0.25, 0.3) is 17.2 Å². The van der Waals surface area contributed by atoms with Crippen LogP contribution in [0.1, 0.15) is 140 Å². The number of hydrogen-bond donors (Lipinski definition) is 4. The number of aliphatic hydroxyl groups is 2. The minimum atomic E-state index is -2.13. The van der Waals surface area contributed by atoms with Crippen LogP contribution in [0.5, 0.6) is 11.5 Å². The molecule has 4 N–H and O–H groups in total. The number of nitrogens with zero attached hydrogens (tertiary/aromatic N) is 4. The van der Waals surface area contributed by atoms with E-state index in [4.69, 9.17) is 18.9 Å². The average Bonchev–Trinajstić information content (AvgIpc) is 2.53. The number of rotatable bonds is 8. The van der Waals surface area contributed by atoms with Gasteiger partial charge in [0.05, 0.1) is 58.7 Å². The lowest BCUT2D eigenvalue weighted by Gasteiger charge is -2.40. The fourth-order valence-electron chi connectivity index (χ4n) is 13.1. The van der Waals surface area contributed by atoms with E-state index in [0.717, 1.165) is 35.9 Å². The van der Waals surface area contributed by atoms with E-state index in [0.29, 0.717) is 49.6 Å². The minimum absolute atomic E-state index is 0.0116. The van der Waals surface area contributed by atoms with Gasteiger partial charge < -0.3 is 54.3 Å². The lowest BCUT2D eigenvalue weighted by atomic mass is 9.78. The number of aryl methyl sites for hydroxylation is 2. The van der Waals surface area contributed by atoms with E-state index < -0.39 is 100 Å². The molecule has 436 valence electrons. The summed E-state index contributed by atoms with van der Waals surface area (Å²) in [6.07, 6.45) is 8.73. The van der Waals surface area contributed by atoms with Crippen molar-refractivity contribution in [2.75, 3.05) is 51.8 Å². The van der Waals surface area contributed by atoms with Gasteiger partial charge in [-0.05, 0) is 102 Å². The standard InChI is InChI=1S/C62H78FN5O13/c1-30-14-13-15-31(2)60(76)64-48-51(66-23-19-41(20-24-66)65(11)27-39-18-22-67(28-39)50-34(5)49-42(40-16-17-40)26-32(3)61(77)68(49)29-43(50)63)56(74)45-46(55(48)73)54(72)37(8)58-47(45)59(75)62(10,81-58)79-25-21-44(78-12)33(4)57(80-38(9)69)36(7)53(71)35(6)52(30)70/h13-15,21,25-26,29-30,33,35-36,39-41,44,52-53,57,70-72H,16-20,22-24,27-28H2,1-12H3,(H,64,76)/b14-13+,25-21+,31-15-/t30-,33+,35+,36+,39-,44-,52-,53+,57+,62-/m0/s1. The SMILES string of the molecule is CO[C@H]1/C=C/O[C@@]2(C)Oc3c(C)c(O)c4c(c3C2=O)C(=O)C(N2CCC(N(C)C[C@@H]3CCN(c5c(F)cn6c(=O)c(C)cc(C7CC7)c6c5C)C3)CC2)=C(NC(=O)/C(C)=C\C=C\[C@H](C)[C@H](O)[C@@H](C)[C@@H](O)[C@@H](C)[C@H](OC(C)=O)[C@@H]1C)C4=O. The van der Waals surface area contributed by atoms with Gasteiger partial charge in [-0.3, -0.25) is 33.2 Å². The smallest absolute Gasteiger partial charge is 0.312 e. The summed E-state index contributed by atoms with van der Waals surface area (Å²) in [5, 5.41) is 37.8. The summed E-state index contributed by atoms with van der Waals surface area (Å²) in [7, 11) is 3.48. The van der Waals surface area contributed by atoms with Crippen molar-refractivity contribution < 1.29 is 62.6 Å². The molecule has 10 atom stereocenters. The average molecular weight is 1120 g/mol. The molecule has 2 saturated heterocycles. The van der Waals surface area contributed by atoms with Crippen molar-refractivity contribution in [3.8, 4) is 11.5 Å². The molecule has 10 rings (SSSR count). The zero-order valence-electron chi connectivity index (χ0n) is 48.6.